The molecule has 0 saturated carbocycles. The number of nitrogens with zero attached hydrogens (tertiary/aromatic N) is 2. The Labute approximate surface area is 130 Å². The summed E-state index contributed by atoms with van der Waals surface area (Å²) in [5, 5.41) is 10.6. The molecule has 1 amide bonds. The van der Waals surface area contributed by atoms with Gasteiger partial charge in [-0.15, -0.1) is 0 Å². The van der Waals surface area contributed by atoms with Crippen LogP contribution in [0.1, 0.15) is 28.8 Å². The number of carbonyl (C=O) groups is 1. The molecular weight excluding hydrogens is 276 g/mol. The van der Waals surface area contributed by atoms with Crippen LogP contribution in [0.2, 0.25) is 0 Å². The normalized spacial score (nSPS) is 18.1. The smallest absolute Gasteiger partial charge is 0.254 e. The summed E-state index contributed by atoms with van der Waals surface area (Å²) >= 11 is 0. The van der Waals surface area contributed by atoms with Gasteiger partial charge in [0, 0.05) is 12.7 Å². The number of benzene rings is 1. The van der Waals surface area contributed by atoms with Crippen molar-refractivity contribution in [3.05, 3.63) is 53.9 Å². The molecule has 116 valence electrons. The Balaban J connectivity index is 1.52. The van der Waals surface area contributed by atoms with E-state index >= 15 is 0 Å². The van der Waals surface area contributed by atoms with Gasteiger partial charge in [-0.2, -0.15) is 5.10 Å². The minimum Gasteiger partial charge on any atom is -0.352 e. The fourth-order valence-corrected chi connectivity index (χ4v) is 2.78. The van der Waals surface area contributed by atoms with E-state index in [0.717, 1.165) is 19.6 Å². The van der Waals surface area contributed by atoms with E-state index in [-0.39, 0.29) is 5.91 Å². The van der Waals surface area contributed by atoms with Gasteiger partial charge in [0.1, 0.15) is 0 Å². The van der Waals surface area contributed by atoms with Gasteiger partial charge in [0.15, 0.2) is 0 Å². The minimum absolute atomic E-state index is 0.0371. The molecule has 1 aliphatic heterocycles. The Morgan fingerprint density at radius 3 is 3.00 bits per heavy atom. The largest absolute Gasteiger partial charge is 0.352 e. The van der Waals surface area contributed by atoms with E-state index in [1.54, 1.807) is 17.1 Å². The standard InChI is InChI=1S/C17H22N4O/c22-17(19-10-15-7-4-8-18-9-15)16-11-20-21(13-16)12-14-5-2-1-3-6-14/h1-3,5-6,11,13,15,18H,4,7-10,12H2,(H,19,22). The summed E-state index contributed by atoms with van der Waals surface area (Å²) in [5.74, 6) is 0.502. The number of aromatic nitrogens is 2. The molecule has 1 fully saturated rings. The van der Waals surface area contributed by atoms with Crippen LogP contribution in [0.15, 0.2) is 42.7 Å². The van der Waals surface area contributed by atoms with Gasteiger partial charge in [-0.05, 0) is 37.4 Å². The average molecular weight is 298 g/mol. The molecule has 1 aliphatic rings. The van der Waals surface area contributed by atoms with Crippen LogP contribution in [0.4, 0.5) is 0 Å². The van der Waals surface area contributed by atoms with E-state index in [4.69, 9.17) is 0 Å². The number of amides is 1. The number of rotatable bonds is 5. The molecule has 0 aliphatic carbocycles. The summed E-state index contributed by atoms with van der Waals surface area (Å²) in [6.07, 6.45) is 5.81. The molecule has 1 aromatic carbocycles. The summed E-state index contributed by atoms with van der Waals surface area (Å²) < 4.78 is 1.80. The average Bonchev–Trinajstić information content (AvgIpc) is 3.03. The van der Waals surface area contributed by atoms with Gasteiger partial charge in [0.25, 0.3) is 5.91 Å². The maximum absolute atomic E-state index is 12.2. The number of hydrogen-bond donors (Lipinski definition) is 2. The second-order valence-corrected chi connectivity index (χ2v) is 5.83. The van der Waals surface area contributed by atoms with Gasteiger partial charge in [-0.25, -0.2) is 0 Å². The SMILES string of the molecule is O=C(NCC1CCCNC1)c1cnn(Cc2ccccc2)c1. The van der Waals surface area contributed by atoms with Gasteiger partial charge in [-0.1, -0.05) is 30.3 Å². The predicted molar refractivity (Wildman–Crippen MR) is 85.7 cm³/mol. The van der Waals surface area contributed by atoms with Crippen molar-refractivity contribution in [3.8, 4) is 0 Å². The molecule has 2 heterocycles. The maximum Gasteiger partial charge on any atom is 0.254 e. The van der Waals surface area contributed by atoms with Gasteiger partial charge in [0.05, 0.1) is 18.3 Å². The first-order valence-corrected chi connectivity index (χ1v) is 7.86. The molecule has 1 unspecified atom stereocenters. The highest BCUT2D eigenvalue weighted by molar-refractivity contribution is 5.93. The van der Waals surface area contributed by atoms with Crippen LogP contribution in [0, 0.1) is 5.92 Å². The Hall–Kier alpha value is -2.14. The molecule has 3 rings (SSSR count). The second kappa shape index (κ2) is 7.22. The van der Waals surface area contributed by atoms with Gasteiger partial charge >= 0.3 is 0 Å². The Morgan fingerprint density at radius 2 is 2.23 bits per heavy atom. The molecule has 1 aromatic heterocycles. The molecule has 5 heteroatoms. The maximum atomic E-state index is 12.2. The van der Waals surface area contributed by atoms with E-state index in [1.165, 1.54) is 18.4 Å². The third-order valence-electron chi connectivity index (χ3n) is 4.03. The first-order chi connectivity index (χ1) is 10.8. The van der Waals surface area contributed by atoms with Crippen molar-refractivity contribution in [1.29, 1.82) is 0 Å². The van der Waals surface area contributed by atoms with Crippen LogP contribution in [0.25, 0.3) is 0 Å². The molecule has 22 heavy (non-hydrogen) atoms. The zero-order chi connectivity index (χ0) is 15.2. The molecule has 5 nitrogen and oxygen atoms in total. The zero-order valence-electron chi connectivity index (χ0n) is 12.7. The van der Waals surface area contributed by atoms with Crippen LogP contribution < -0.4 is 10.6 Å². The number of carbonyl (C=O) groups excluding carboxylic acids is 1. The molecule has 2 aromatic rings. The van der Waals surface area contributed by atoms with Crippen molar-refractivity contribution in [3.63, 3.8) is 0 Å². The van der Waals surface area contributed by atoms with Gasteiger partial charge in [0.2, 0.25) is 0 Å². The summed E-state index contributed by atoms with van der Waals surface area (Å²) in [4.78, 5) is 12.2. The first kappa shape index (κ1) is 14.8. The molecule has 0 spiro atoms. The number of nitrogens with one attached hydrogen (secondary N) is 2. The second-order valence-electron chi connectivity index (χ2n) is 5.83. The Kier molecular flexibility index (Phi) is 4.85. The lowest BCUT2D eigenvalue weighted by Gasteiger charge is -2.22. The van der Waals surface area contributed by atoms with E-state index in [0.29, 0.717) is 18.0 Å². The van der Waals surface area contributed by atoms with Crippen molar-refractivity contribution < 1.29 is 4.79 Å². The highest BCUT2D eigenvalue weighted by Gasteiger charge is 2.15. The van der Waals surface area contributed by atoms with Crippen LogP contribution in [0.5, 0.6) is 0 Å². The lowest BCUT2D eigenvalue weighted by molar-refractivity contribution is 0.0944. The van der Waals surface area contributed by atoms with Crippen LogP contribution >= 0.6 is 0 Å². The Morgan fingerprint density at radius 1 is 1.36 bits per heavy atom. The van der Waals surface area contributed by atoms with Crippen LogP contribution in [-0.4, -0.2) is 35.3 Å². The third-order valence-corrected chi connectivity index (χ3v) is 4.03. The summed E-state index contributed by atoms with van der Waals surface area (Å²) in [6.45, 7) is 3.50. The van der Waals surface area contributed by atoms with Crippen LogP contribution in [-0.2, 0) is 6.54 Å². The van der Waals surface area contributed by atoms with Crippen LogP contribution in [0.3, 0.4) is 0 Å². The van der Waals surface area contributed by atoms with Crippen molar-refractivity contribution >= 4 is 5.91 Å². The highest BCUT2D eigenvalue weighted by Crippen LogP contribution is 2.09. The quantitative estimate of drug-likeness (QED) is 0.882. The lowest BCUT2D eigenvalue weighted by Crippen LogP contribution is -2.38. The topological polar surface area (TPSA) is 59.0 Å². The fraction of sp³-hybridized carbons (Fsp3) is 0.412. The van der Waals surface area contributed by atoms with Crippen molar-refractivity contribution in [2.24, 2.45) is 5.92 Å². The molecule has 2 N–H and O–H groups in total. The van der Waals surface area contributed by atoms with Crippen molar-refractivity contribution in [2.45, 2.75) is 19.4 Å². The molecule has 0 radical (unpaired) electrons. The molecular formula is C17H22N4O. The van der Waals surface area contributed by atoms with E-state index in [1.807, 2.05) is 18.2 Å². The van der Waals surface area contributed by atoms with E-state index < -0.39 is 0 Å². The molecule has 1 saturated heterocycles. The summed E-state index contributed by atoms with van der Waals surface area (Å²) in [7, 11) is 0. The van der Waals surface area contributed by atoms with Gasteiger partial charge in [-0.3, -0.25) is 9.48 Å². The summed E-state index contributed by atoms with van der Waals surface area (Å²) in [6, 6.07) is 10.1. The Bertz CT molecular complexity index is 602. The molecule has 1 atom stereocenters. The predicted octanol–water partition coefficient (Wildman–Crippen LogP) is 1.66. The number of hydrogen-bond acceptors (Lipinski definition) is 3. The van der Waals surface area contributed by atoms with E-state index in [2.05, 4.69) is 27.9 Å². The minimum atomic E-state index is -0.0371. The highest BCUT2D eigenvalue weighted by atomic mass is 16.1. The van der Waals surface area contributed by atoms with E-state index in [9.17, 15) is 4.79 Å². The third kappa shape index (κ3) is 3.95. The monoisotopic (exact) mass is 298 g/mol. The van der Waals surface area contributed by atoms with Crippen molar-refractivity contribution in [1.82, 2.24) is 20.4 Å². The van der Waals surface area contributed by atoms with Crippen molar-refractivity contribution in [2.75, 3.05) is 19.6 Å². The fourth-order valence-electron chi connectivity index (χ4n) is 2.78. The van der Waals surface area contributed by atoms with Gasteiger partial charge < -0.3 is 10.6 Å². The number of piperidine rings is 1. The lowest BCUT2D eigenvalue weighted by atomic mass is 10.00. The summed E-state index contributed by atoms with van der Waals surface area (Å²) in [5.41, 5.74) is 1.80. The first-order valence-electron chi connectivity index (χ1n) is 7.86. The molecule has 0 bridgehead atoms. The zero-order valence-corrected chi connectivity index (χ0v) is 12.7.